The zero-order chi connectivity index (χ0) is 19.4. The number of methoxy groups -OCH3 is 2. The SMILES string of the molecule is CCOP(=O)(O)OC1CCC(c2ncnc3cc(OC)c(OC)cc23)CC1. The van der Waals surface area contributed by atoms with Gasteiger partial charge in [0.1, 0.15) is 6.33 Å². The van der Waals surface area contributed by atoms with Gasteiger partial charge in [0, 0.05) is 17.4 Å². The Hall–Kier alpha value is -1.73. The van der Waals surface area contributed by atoms with Crippen molar-refractivity contribution in [1.29, 1.82) is 0 Å². The summed E-state index contributed by atoms with van der Waals surface area (Å²) in [7, 11) is -0.777. The van der Waals surface area contributed by atoms with E-state index < -0.39 is 7.82 Å². The maximum Gasteiger partial charge on any atom is 0.472 e. The Morgan fingerprint density at radius 2 is 1.78 bits per heavy atom. The van der Waals surface area contributed by atoms with Gasteiger partial charge in [0.2, 0.25) is 0 Å². The minimum Gasteiger partial charge on any atom is -0.493 e. The van der Waals surface area contributed by atoms with Gasteiger partial charge < -0.3 is 14.4 Å². The summed E-state index contributed by atoms with van der Waals surface area (Å²) in [4.78, 5) is 18.5. The number of phosphoric acid groups is 1. The molecule has 3 rings (SSSR count). The molecule has 0 amide bonds. The first-order chi connectivity index (χ1) is 13.0. The molecule has 1 aliphatic carbocycles. The van der Waals surface area contributed by atoms with Crippen LogP contribution in [0, 0.1) is 0 Å². The third-order valence-corrected chi connectivity index (χ3v) is 5.96. The first-order valence-corrected chi connectivity index (χ1v) is 10.5. The van der Waals surface area contributed by atoms with E-state index in [4.69, 9.17) is 18.5 Å². The van der Waals surface area contributed by atoms with Gasteiger partial charge in [-0.15, -0.1) is 0 Å². The fourth-order valence-electron chi connectivity index (χ4n) is 3.55. The predicted molar refractivity (Wildman–Crippen MR) is 100 cm³/mol. The van der Waals surface area contributed by atoms with Gasteiger partial charge >= 0.3 is 7.82 Å². The fourth-order valence-corrected chi connectivity index (χ4v) is 4.53. The fraction of sp³-hybridized carbons (Fsp3) is 0.556. The first kappa shape index (κ1) is 20.0. The summed E-state index contributed by atoms with van der Waals surface area (Å²) in [6, 6.07) is 3.75. The lowest BCUT2D eigenvalue weighted by molar-refractivity contribution is 0.0810. The average Bonchev–Trinajstić information content (AvgIpc) is 2.66. The van der Waals surface area contributed by atoms with E-state index in [0.29, 0.717) is 24.3 Å². The van der Waals surface area contributed by atoms with E-state index in [1.54, 1.807) is 27.5 Å². The molecular formula is C18H25N2O6P. The van der Waals surface area contributed by atoms with Crippen LogP contribution < -0.4 is 9.47 Å². The second-order valence-electron chi connectivity index (χ2n) is 6.45. The van der Waals surface area contributed by atoms with E-state index in [2.05, 4.69) is 9.97 Å². The highest BCUT2D eigenvalue weighted by atomic mass is 31.2. The Labute approximate surface area is 158 Å². The Morgan fingerprint density at radius 1 is 1.11 bits per heavy atom. The van der Waals surface area contributed by atoms with Gasteiger partial charge in [-0.1, -0.05) is 0 Å². The number of aromatic nitrogens is 2. The van der Waals surface area contributed by atoms with Crippen molar-refractivity contribution in [1.82, 2.24) is 9.97 Å². The molecule has 0 saturated heterocycles. The molecule has 1 saturated carbocycles. The Bertz CT molecular complexity index is 838. The number of hydrogen-bond donors (Lipinski definition) is 1. The highest BCUT2D eigenvalue weighted by Crippen LogP contribution is 2.48. The molecule has 1 N–H and O–H groups in total. The Balaban J connectivity index is 1.78. The third kappa shape index (κ3) is 4.58. The van der Waals surface area contributed by atoms with Crippen LogP contribution in [-0.2, 0) is 13.6 Å². The van der Waals surface area contributed by atoms with E-state index in [-0.39, 0.29) is 18.6 Å². The lowest BCUT2D eigenvalue weighted by Gasteiger charge is -2.29. The normalized spacial score (nSPS) is 22.4. The molecule has 1 aromatic heterocycles. The van der Waals surface area contributed by atoms with Crippen molar-refractivity contribution in [3.63, 3.8) is 0 Å². The number of ether oxygens (including phenoxy) is 2. The number of fused-ring (bicyclic) bond motifs is 1. The molecule has 1 unspecified atom stereocenters. The number of rotatable bonds is 7. The molecule has 27 heavy (non-hydrogen) atoms. The molecule has 148 valence electrons. The van der Waals surface area contributed by atoms with Crippen molar-refractivity contribution in [3.05, 3.63) is 24.2 Å². The third-order valence-electron chi connectivity index (χ3n) is 4.81. The van der Waals surface area contributed by atoms with Crippen LogP contribution in [0.15, 0.2) is 18.5 Å². The minimum absolute atomic E-state index is 0.140. The van der Waals surface area contributed by atoms with Gasteiger partial charge in [-0.05, 0) is 38.7 Å². The molecule has 1 atom stereocenters. The number of phosphoric ester groups is 1. The molecule has 1 aliphatic rings. The summed E-state index contributed by atoms with van der Waals surface area (Å²) in [5, 5.41) is 0.932. The van der Waals surface area contributed by atoms with Crippen molar-refractivity contribution >= 4 is 18.7 Å². The zero-order valence-corrected chi connectivity index (χ0v) is 16.6. The molecule has 9 heteroatoms. The molecule has 1 fully saturated rings. The Morgan fingerprint density at radius 3 is 2.41 bits per heavy atom. The van der Waals surface area contributed by atoms with Crippen LogP contribution in [0.5, 0.6) is 11.5 Å². The van der Waals surface area contributed by atoms with Crippen molar-refractivity contribution in [2.75, 3.05) is 20.8 Å². The molecule has 0 bridgehead atoms. The van der Waals surface area contributed by atoms with Crippen LogP contribution in [0.25, 0.3) is 10.9 Å². The predicted octanol–water partition coefficient (Wildman–Crippen LogP) is 3.83. The van der Waals surface area contributed by atoms with E-state index >= 15 is 0 Å². The second kappa shape index (κ2) is 8.52. The number of hydrogen-bond acceptors (Lipinski definition) is 7. The Kier molecular flexibility index (Phi) is 6.32. The smallest absolute Gasteiger partial charge is 0.472 e. The van der Waals surface area contributed by atoms with E-state index in [1.165, 1.54) is 0 Å². The molecule has 1 aromatic carbocycles. The first-order valence-electron chi connectivity index (χ1n) is 8.99. The second-order valence-corrected chi connectivity index (χ2v) is 7.85. The van der Waals surface area contributed by atoms with Crippen LogP contribution in [0.1, 0.15) is 44.2 Å². The van der Waals surface area contributed by atoms with Crippen LogP contribution in [0.2, 0.25) is 0 Å². The molecule has 0 aliphatic heterocycles. The monoisotopic (exact) mass is 396 g/mol. The number of nitrogens with zero attached hydrogens (tertiary/aromatic N) is 2. The van der Waals surface area contributed by atoms with Gasteiger partial charge in [0.05, 0.1) is 38.1 Å². The minimum atomic E-state index is -3.97. The number of benzene rings is 1. The van der Waals surface area contributed by atoms with Crippen LogP contribution in [-0.4, -0.2) is 41.8 Å². The lowest BCUT2D eigenvalue weighted by atomic mass is 9.84. The van der Waals surface area contributed by atoms with Gasteiger partial charge in [-0.2, -0.15) is 0 Å². The quantitative estimate of drug-likeness (QED) is 0.705. The average molecular weight is 396 g/mol. The van der Waals surface area contributed by atoms with Crippen LogP contribution >= 0.6 is 7.82 Å². The molecule has 0 radical (unpaired) electrons. The van der Waals surface area contributed by atoms with Crippen molar-refractivity contribution in [2.24, 2.45) is 0 Å². The highest BCUT2D eigenvalue weighted by Gasteiger charge is 2.31. The topological polar surface area (TPSA) is 100 Å². The largest absolute Gasteiger partial charge is 0.493 e. The van der Waals surface area contributed by atoms with Gasteiger partial charge in [-0.3, -0.25) is 9.05 Å². The summed E-state index contributed by atoms with van der Waals surface area (Å²) in [6.45, 7) is 1.80. The highest BCUT2D eigenvalue weighted by molar-refractivity contribution is 7.47. The summed E-state index contributed by atoms with van der Waals surface area (Å²) < 4.78 is 32.6. The molecule has 2 aromatic rings. The molecule has 1 heterocycles. The van der Waals surface area contributed by atoms with Crippen molar-refractivity contribution in [3.8, 4) is 11.5 Å². The summed E-state index contributed by atoms with van der Waals surface area (Å²) >= 11 is 0. The summed E-state index contributed by atoms with van der Waals surface area (Å²) in [5.74, 6) is 1.48. The summed E-state index contributed by atoms with van der Waals surface area (Å²) in [6.07, 6.45) is 4.21. The summed E-state index contributed by atoms with van der Waals surface area (Å²) in [5.41, 5.74) is 1.75. The maximum absolute atomic E-state index is 11.8. The van der Waals surface area contributed by atoms with Crippen molar-refractivity contribution < 1.29 is 28.0 Å². The van der Waals surface area contributed by atoms with Gasteiger partial charge in [0.15, 0.2) is 11.5 Å². The van der Waals surface area contributed by atoms with Crippen molar-refractivity contribution in [2.45, 2.75) is 44.6 Å². The van der Waals surface area contributed by atoms with E-state index in [9.17, 15) is 9.46 Å². The van der Waals surface area contributed by atoms with Gasteiger partial charge in [0.25, 0.3) is 0 Å². The standard InChI is InChI=1S/C18H25N2O6P/c1-4-25-27(21,22)26-13-7-5-12(6-8-13)18-14-9-16(23-2)17(24-3)10-15(14)19-11-20-18/h9-13H,4-8H2,1-3H3,(H,21,22). The van der Waals surface area contributed by atoms with Crippen LogP contribution in [0.3, 0.4) is 0 Å². The van der Waals surface area contributed by atoms with E-state index in [1.807, 2.05) is 12.1 Å². The molecular weight excluding hydrogens is 371 g/mol. The zero-order valence-electron chi connectivity index (χ0n) is 15.8. The van der Waals surface area contributed by atoms with E-state index in [0.717, 1.165) is 29.4 Å². The lowest BCUT2D eigenvalue weighted by Crippen LogP contribution is -2.21. The maximum atomic E-state index is 11.8. The van der Waals surface area contributed by atoms with Gasteiger partial charge in [-0.25, -0.2) is 14.5 Å². The molecule has 8 nitrogen and oxygen atoms in total. The molecule has 0 spiro atoms. The van der Waals surface area contributed by atoms with Crippen LogP contribution in [0.4, 0.5) is 0 Å².